The molecule has 6 heteroatoms. The normalized spacial score (nSPS) is 28.6. The van der Waals surface area contributed by atoms with Gasteiger partial charge in [0.25, 0.3) is 0 Å². The van der Waals surface area contributed by atoms with E-state index in [-0.39, 0.29) is 12.2 Å². The largest absolute Gasteiger partial charge is 0.450 e. The Morgan fingerprint density at radius 2 is 1.92 bits per heavy atom. The first-order valence-corrected chi connectivity index (χ1v) is 9.73. The van der Waals surface area contributed by atoms with Crippen molar-refractivity contribution in [2.24, 2.45) is 11.3 Å². The van der Waals surface area contributed by atoms with Crippen molar-refractivity contribution >= 4 is 6.09 Å². The molecule has 0 aromatic carbocycles. The number of carbonyl (C=O) groups excluding carboxylic acids is 1. The van der Waals surface area contributed by atoms with Crippen molar-refractivity contribution in [3.63, 3.8) is 0 Å². The maximum atomic E-state index is 11.7. The van der Waals surface area contributed by atoms with E-state index in [9.17, 15) is 9.90 Å². The van der Waals surface area contributed by atoms with Gasteiger partial charge in [-0.3, -0.25) is 4.90 Å². The van der Waals surface area contributed by atoms with E-state index in [1.165, 1.54) is 6.42 Å². The highest BCUT2D eigenvalue weighted by atomic mass is 16.6. The first-order chi connectivity index (χ1) is 11.8. The Bertz CT molecular complexity index is 422. The van der Waals surface area contributed by atoms with Crippen molar-refractivity contribution in [3.8, 4) is 0 Å². The summed E-state index contributed by atoms with van der Waals surface area (Å²) < 4.78 is 11.1. The van der Waals surface area contributed by atoms with Gasteiger partial charge in [-0.15, -0.1) is 0 Å². The molecule has 2 rings (SSSR count). The number of rotatable bonds is 6. The van der Waals surface area contributed by atoms with Crippen LogP contribution in [0.2, 0.25) is 0 Å². The van der Waals surface area contributed by atoms with Crippen molar-refractivity contribution in [2.45, 2.75) is 59.2 Å². The summed E-state index contributed by atoms with van der Waals surface area (Å²) in [6.07, 6.45) is 2.96. The molecule has 0 bridgehead atoms. The zero-order valence-corrected chi connectivity index (χ0v) is 16.4. The molecule has 1 saturated heterocycles. The van der Waals surface area contributed by atoms with Gasteiger partial charge in [0.05, 0.1) is 25.4 Å². The minimum atomic E-state index is -0.477. The minimum absolute atomic E-state index is 0.236. The van der Waals surface area contributed by atoms with Crippen LogP contribution in [0.5, 0.6) is 0 Å². The van der Waals surface area contributed by atoms with E-state index in [1.54, 1.807) is 4.90 Å². The molecular weight excluding hydrogens is 320 g/mol. The summed E-state index contributed by atoms with van der Waals surface area (Å²) in [5, 5.41) is 10.3. The number of aliphatic hydroxyl groups is 1. The van der Waals surface area contributed by atoms with Crippen molar-refractivity contribution in [3.05, 3.63) is 0 Å². The number of amides is 1. The highest BCUT2D eigenvalue weighted by molar-refractivity contribution is 5.67. The number of ether oxygens (including phenoxy) is 2. The van der Waals surface area contributed by atoms with E-state index in [2.05, 4.69) is 25.7 Å². The topological polar surface area (TPSA) is 62.2 Å². The summed E-state index contributed by atoms with van der Waals surface area (Å²) in [6.45, 7) is 13.0. The van der Waals surface area contributed by atoms with Gasteiger partial charge in [0, 0.05) is 32.7 Å². The van der Waals surface area contributed by atoms with Crippen LogP contribution in [0.15, 0.2) is 0 Å². The van der Waals surface area contributed by atoms with E-state index in [4.69, 9.17) is 9.47 Å². The number of carbonyl (C=O) groups is 1. The Labute approximate surface area is 152 Å². The molecule has 1 saturated carbocycles. The molecule has 2 aliphatic rings. The second-order valence-electron chi connectivity index (χ2n) is 8.51. The predicted octanol–water partition coefficient (Wildman–Crippen LogP) is 2.35. The lowest BCUT2D eigenvalue weighted by Crippen LogP contribution is -2.51. The summed E-state index contributed by atoms with van der Waals surface area (Å²) in [5.74, 6) is 0.682. The lowest BCUT2D eigenvalue weighted by atomic mass is 9.71. The molecule has 6 nitrogen and oxygen atoms in total. The second-order valence-corrected chi connectivity index (χ2v) is 8.51. The standard InChI is InChI=1S/C19H36N2O4/c1-5-24-18(23)21-8-6-20(7-9-21)13-16(22)14-25-17-10-15(2)11-19(3,4)12-17/h15-17,22H,5-14H2,1-4H3/t15-,16+,17+/m1/s1. The van der Waals surface area contributed by atoms with Gasteiger partial charge in [0.1, 0.15) is 0 Å². The molecule has 3 atom stereocenters. The Morgan fingerprint density at radius 3 is 2.52 bits per heavy atom. The van der Waals surface area contributed by atoms with E-state index in [1.807, 2.05) is 6.92 Å². The third-order valence-electron chi connectivity index (χ3n) is 5.24. The van der Waals surface area contributed by atoms with Crippen LogP contribution in [-0.2, 0) is 9.47 Å². The summed E-state index contributed by atoms with van der Waals surface area (Å²) in [6, 6.07) is 0. The molecule has 0 radical (unpaired) electrons. The van der Waals surface area contributed by atoms with Crippen molar-refractivity contribution in [1.82, 2.24) is 9.80 Å². The zero-order valence-electron chi connectivity index (χ0n) is 16.4. The minimum Gasteiger partial charge on any atom is -0.450 e. The maximum Gasteiger partial charge on any atom is 0.409 e. The molecule has 146 valence electrons. The van der Waals surface area contributed by atoms with Gasteiger partial charge in [0.2, 0.25) is 0 Å². The van der Waals surface area contributed by atoms with Crippen LogP contribution >= 0.6 is 0 Å². The summed E-state index contributed by atoms with van der Waals surface area (Å²) in [7, 11) is 0. The van der Waals surface area contributed by atoms with Crippen LogP contribution < -0.4 is 0 Å². The van der Waals surface area contributed by atoms with Crippen LogP contribution in [0.4, 0.5) is 4.79 Å². The lowest BCUT2D eigenvalue weighted by Gasteiger charge is -2.39. The van der Waals surface area contributed by atoms with E-state index < -0.39 is 6.10 Å². The smallest absolute Gasteiger partial charge is 0.409 e. The average Bonchev–Trinajstić information content (AvgIpc) is 2.52. The van der Waals surface area contributed by atoms with E-state index >= 15 is 0 Å². The number of nitrogens with zero attached hydrogens (tertiary/aromatic N) is 2. The molecule has 0 spiro atoms. The monoisotopic (exact) mass is 356 g/mol. The van der Waals surface area contributed by atoms with Crippen molar-refractivity contribution < 1.29 is 19.4 Å². The first-order valence-electron chi connectivity index (χ1n) is 9.73. The van der Waals surface area contributed by atoms with Gasteiger partial charge in [-0.2, -0.15) is 0 Å². The lowest BCUT2D eigenvalue weighted by molar-refractivity contribution is -0.0631. The predicted molar refractivity (Wildman–Crippen MR) is 97.6 cm³/mol. The number of hydrogen-bond acceptors (Lipinski definition) is 5. The molecule has 1 heterocycles. The molecule has 2 fully saturated rings. The average molecular weight is 357 g/mol. The van der Waals surface area contributed by atoms with Crippen molar-refractivity contribution in [2.75, 3.05) is 45.9 Å². The van der Waals surface area contributed by atoms with Gasteiger partial charge in [-0.1, -0.05) is 20.8 Å². The molecule has 1 aliphatic heterocycles. The second kappa shape index (κ2) is 9.19. The molecular formula is C19H36N2O4. The van der Waals surface area contributed by atoms with Gasteiger partial charge >= 0.3 is 6.09 Å². The number of aliphatic hydroxyl groups excluding tert-OH is 1. The van der Waals surface area contributed by atoms with E-state index in [0.29, 0.717) is 44.2 Å². The van der Waals surface area contributed by atoms with E-state index in [0.717, 1.165) is 25.9 Å². The summed E-state index contributed by atoms with van der Waals surface area (Å²) >= 11 is 0. The van der Waals surface area contributed by atoms with Crippen LogP contribution in [-0.4, -0.2) is 79.1 Å². The SMILES string of the molecule is CCOC(=O)N1CCN(C[C@H](O)CO[C@H]2C[C@@H](C)CC(C)(C)C2)CC1. The molecule has 1 aliphatic carbocycles. The fourth-order valence-corrected chi connectivity index (χ4v) is 4.31. The summed E-state index contributed by atoms with van der Waals surface area (Å²) in [4.78, 5) is 15.6. The Balaban J connectivity index is 1.66. The van der Waals surface area contributed by atoms with Crippen LogP contribution in [0.1, 0.15) is 47.0 Å². The molecule has 0 aromatic rings. The number of hydrogen-bond donors (Lipinski definition) is 1. The highest BCUT2D eigenvalue weighted by Crippen LogP contribution is 2.39. The quantitative estimate of drug-likeness (QED) is 0.791. The van der Waals surface area contributed by atoms with Gasteiger partial charge in [-0.05, 0) is 37.5 Å². The molecule has 0 aromatic heterocycles. The molecule has 0 unspecified atom stereocenters. The maximum absolute atomic E-state index is 11.7. The fraction of sp³-hybridized carbons (Fsp3) is 0.947. The number of piperazine rings is 1. The van der Waals surface area contributed by atoms with Gasteiger partial charge in [0.15, 0.2) is 0 Å². The van der Waals surface area contributed by atoms with Gasteiger partial charge in [-0.25, -0.2) is 4.79 Å². The highest BCUT2D eigenvalue weighted by Gasteiger charge is 2.33. The summed E-state index contributed by atoms with van der Waals surface area (Å²) in [5.41, 5.74) is 0.330. The third kappa shape index (κ3) is 6.76. The third-order valence-corrected chi connectivity index (χ3v) is 5.24. The molecule has 1 N–H and O–H groups in total. The fourth-order valence-electron chi connectivity index (χ4n) is 4.31. The van der Waals surface area contributed by atoms with Crippen LogP contribution in [0.25, 0.3) is 0 Å². The Hall–Kier alpha value is -0.850. The molecule has 1 amide bonds. The zero-order chi connectivity index (χ0) is 18.4. The first kappa shape index (κ1) is 20.5. The molecule has 25 heavy (non-hydrogen) atoms. The van der Waals surface area contributed by atoms with Crippen molar-refractivity contribution in [1.29, 1.82) is 0 Å². The number of β-amino-alcohol motifs (C(OH)–C–C–N with tert-alkyl or cyclic N) is 1. The Morgan fingerprint density at radius 1 is 1.24 bits per heavy atom. The van der Waals surface area contributed by atoms with Crippen LogP contribution in [0, 0.1) is 11.3 Å². The van der Waals surface area contributed by atoms with Crippen LogP contribution in [0.3, 0.4) is 0 Å². The Kier molecular flexibility index (Phi) is 7.52. The van der Waals surface area contributed by atoms with Gasteiger partial charge < -0.3 is 19.5 Å².